The molecule has 1 unspecified atom stereocenters. The number of hydrogen-bond donors (Lipinski definition) is 1. The SMILES string of the molecule is Cn1ccnc1-c1ccc(N2CCCC(CO)(CCc3ccccc3)C2)nn1. The van der Waals surface area contributed by atoms with Gasteiger partial charge in [0, 0.05) is 37.9 Å². The molecule has 1 saturated heterocycles. The minimum Gasteiger partial charge on any atom is -0.396 e. The Hall–Kier alpha value is -2.73. The summed E-state index contributed by atoms with van der Waals surface area (Å²) in [6.07, 6.45) is 7.72. The van der Waals surface area contributed by atoms with Crippen LogP contribution in [0.3, 0.4) is 0 Å². The standard InChI is InChI=1S/C22H27N5O/c1-26-15-13-23-21(26)19-8-9-20(25-24-19)27-14-5-11-22(16-27,17-28)12-10-18-6-3-2-4-7-18/h2-4,6-9,13,15,28H,5,10-12,14,16-17H2,1H3. The number of imidazole rings is 1. The second-order valence-corrected chi connectivity index (χ2v) is 7.81. The van der Waals surface area contributed by atoms with Crippen molar-refractivity contribution in [1.82, 2.24) is 19.7 Å². The number of piperidine rings is 1. The van der Waals surface area contributed by atoms with Gasteiger partial charge in [-0.1, -0.05) is 30.3 Å². The van der Waals surface area contributed by atoms with Gasteiger partial charge >= 0.3 is 0 Å². The molecule has 1 aromatic carbocycles. The van der Waals surface area contributed by atoms with Crippen LogP contribution in [0.2, 0.25) is 0 Å². The summed E-state index contributed by atoms with van der Waals surface area (Å²) in [5.41, 5.74) is 2.01. The molecule has 146 valence electrons. The highest BCUT2D eigenvalue weighted by molar-refractivity contribution is 5.52. The first-order chi connectivity index (χ1) is 13.7. The summed E-state index contributed by atoms with van der Waals surface area (Å²) in [5, 5.41) is 19.1. The maximum Gasteiger partial charge on any atom is 0.160 e. The molecule has 2 aromatic heterocycles. The Kier molecular flexibility index (Phi) is 5.39. The summed E-state index contributed by atoms with van der Waals surface area (Å²) in [7, 11) is 1.95. The summed E-state index contributed by atoms with van der Waals surface area (Å²) in [6.45, 7) is 1.96. The van der Waals surface area contributed by atoms with Crippen molar-refractivity contribution in [1.29, 1.82) is 0 Å². The van der Waals surface area contributed by atoms with Gasteiger partial charge in [0.2, 0.25) is 0 Å². The Labute approximate surface area is 165 Å². The van der Waals surface area contributed by atoms with Gasteiger partial charge in [0.15, 0.2) is 11.6 Å². The van der Waals surface area contributed by atoms with E-state index in [4.69, 9.17) is 0 Å². The molecule has 1 fully saturated rings. The van der Waals surface area contributed by atoms with E-state index in [1.807, 2.05) is 36.0 Å². The Morgan fingerprint density at radius 2 is 1.96 bits per heavy atom. The van der Waals surface area contributed by atoms with Gasteiger partial charge in [0.1, 0.15) is 5.69 Å². The van der Waals surface area contributed by atoms with E-state index in [1.165, 1.54) is 5.56 Å². The number of aliphatic hydroxyl groups excluding tert-OH is 1. The van der Waals surface area contributed by atoms with Gasteiger partial charge < -0.3 is 14.6 Å². The third-order valence-corrected chi connectivity index (χ3v) is 5.81. The minimum absolute atomic E-state index is 0.0892. The lowest BCUT2D eigenvalue weighted by atomic mass is 9.76. The first kappa shape index (κ1) is 18.6. The normalized spacial score (nSPS) is 19.7. The average molecular weight is 377 g/mol. The fraction of sp³-hybridized carbons (Fsp3) is 0.409. The largest absolute Gasteiger partial charge is 0.396 e. The lowest BCUT2D eigenvalue weighted by Gasteiger charge is -2.42. The third-order valence-electron chi connectivity index (χ3n) is 5.81. The zero-order valence-electron chi connectivity index (χ0n) is 16.3. The molecule has 1 atom stereocenters. The second kappa shape index (κ2) is 8.10. The van der Waals surface area contributed by atoms with E-state index in [0.717, 1.165) is 56.1 Å². The van der Waals surface area contributed by atoms with Gasteiger partial charge in [-0.15, -0.1) is 10.2 Å². The molecule has 6 heteroatoms. The van der Waals surface area contributed by atoms with Gasteiger partial charge in [0.05, 0.1) is 6.61 Å². The topological polar surface area (TPSA) is 67.1 Å². The molecular weight excluding hydrogens is 350 g/mol. The van der Waals surface area contributed by atoms with Crippen LogP contribution < -0.4 is 4.90 Å². The molecule has 0 amide bonds. The zero-order valence-corrected chi connectivity index (χ0v) is 16.3. The molecule has 4 rings (SSSR count). The molecule has 28 heavy (non-hydrogen) atoms. The quantitative estimate of drug-likeness (QED) is 0.715. The Bertz CT molecular complexity index is 893. The average Bonchev–Trinajstić information content (AvgIpc) is 3.19. The number of aryl methyl sites for hydroxylation is 2. The summed E-state index contributed by atoms with van der Waals surface area (Å²) >= 11 is 0. The van der Waals surface area contributed by atoms with Crippen molar-refractivity contribution < 1.29 is 5.11 Å². The van der Waals surface area contributed by atoms with E-state index >= 15 is 0 Å². The number of nitrogens with zero attached hydrogens (tertiary/aromatic N) is 5. The van der Waals surface area contributed by atoms with Crippen LogP contribution in [0.25, 0.3) is 11.5 Å². The smallest absolute Gasteiger partial charge is 0.160 e. The first-order valence-electron chi connectivity index (χ1n) is 9.90. The van der Waals surface area contributed by atoms with E-state index < -0.39 is 0 Å². The number of aromatic nitrogens is 4. The van der Waals surface area contributed by atoms with Crippen molar-refractivity contribution in [3.63, 3.8) is 0 Å². The van der Waals surface area contributed by atoms with Crippen LogP contribution in [-0.4, -0.2) is 44.6 Å². The van der Waals surface area contributed by atoms with E-state index in [1.54, 1.807) is 6.20 Å². The molecule has 0 aliphatic carbocycles. The predicted molar refractivity (Wildman–Crippen MR) is 110 cm³/mol. The fourth-order valence-electron chi connectivity index (χ4n) is 4.10. The number of benzene rings is 1. The van der Waals surface area contributed by atoms with E-state index in [9.17, 15) is 5.11 Å². The summed E-state index contributed by atoms with van der Waals surface area (Å²) in [6, 6.07) is 14.5. The molecule has 0 radical (unpaired) electrons. The predicted octanol–water partition coefficient (Wildman–Crippen LogP) is 3.09. The molecule has 6 nitrogen and oxygen atoms in total. The summed E-state index contributed by atoms with van der Waals surface area (Å²) < 4.78 is 1.94. The van der Waals surface area contributed by atoms with Crippen LogP contribution in [0.4, 0.5) is 5.82 Å². The van der Waals surface area contributed by atoms with Crippen molar-refractivity contribution in [3.05, 3.63) is 60.4 Å². The number of anilines is 1. The highest BCUT2D eigenvalue weighted by Gasteiger charge is 2.35. The van der Waals surface area contributed by atoms with Gasteiger partial charge in [-0.05, 0) is 43.4 Å². The Morgan fingerprint density at radius 1 is 1.11 bits per heavy atom. The van der Waals surface area contributed by atoms with Crippen molar-refractivity contribution >= 4 is 5.82 Å². The van der Waals surface area contributed by atoms with E-state index in [0.29, 0.717) is 0 Å². The fourth-order valence-corrected chi connectivity index (χ4v) is 4.10. The number of aliphatic hydroxyl groups is 1. The highest BCUT2D eigenvalue weighted by Crippen LogP contribution is 2.36. The molecule has 3 aromatic rings. The molecule has 1 aliphatic rings. The van der Waals surface area contributed by atoms with Crippen molar-refractivity contribution in [2.75, 3.05) is 24.6 Å². The van der Waals surface area contributed by atoms with Crippen molar-refractivity contribution in [3.8, 4) is 11.5 Å². The molecule has 1 aliphatic heterocycles. The number of rotatable bonds is 6. The molecule has 0 bridgehead atoms. The lowest BCUT2D eigenvalue weighted by Crippen LogP contribution is -2.46. The van der Waals surface area contributed by atoms with E-state index in [2.05, 4.69) is 44.3 Å². The highest BCUT2D eigenvalue weighted by atomic mass is 16.3. The second-order valence-electron chi connectivity index (χ2n) is 7.81. The molecule has 3 heterocycles. The first-order valence-corrected chi connectivity index (χ1v) is 9.90. The maximum absolute atomic E-state index is 10.2. The van der Waals surface area contributed by atoms with Gasteiger partial charge in [-0.25, -0.2) is 4.98 Å². The molecule has 0 spiro atoms. The van der Waals surface area contributed by atoms with Crippen molar-refractivity contribution in [2.45, 2.75) is 25.7 Å². The van der Waals surface area contributed by atoms with Crippen LogP contribution >= 0.6 is 0 Å². The maximum atomic E-state index is 10.2. The van der Waals surface area contributed by atoms with Gasteiger partial charge in [-0.3, -0.25) is 0 Å². The minimum atomic E-state index is -0.0892. The molecular formula is C22H27N5O. The van der Waals surface area contributed by atoms with Crippen LogP contribution in [0.5, 0.6) is 0 Å². The van der Waals surface area contributed by atoms with E-state index in [-0.39, 0.29) is 12.0 Å². The van der Waals surface area contributed by atoms with Crippen LogP contribution in [0, 0.1) is 5.41 Å². The third kappa shape index (κ3) is 3.92. The van der Waals surface area contributed by atoms with Crippen LogP contribution in [0.1, 0.15) is 24.8 Å². The Morgan fingerprint density at radius 3 is 2.64 bits per heavy atom. The van der Waals surface area contributed by atoms with Crippen LogP contribution in [0.15, 0.2) is 54.9 Å². The molecule has 0 saturated carbocycles. The summed E-state index contributed by atoms with van der Waals surface area (Å²) in [5.74, 6) is 1.68. The Balaban J connectivity index is 1.47. The van der Waals surface area contributed by atoms with Crippen LogP contribution in [-0.2, 0) is 13.5 Å². The zero-order chi connectivity index (χ0) is 19.4. The van der Waals surface area contributed by atoms with Crippen molar-refractivity contribution in [2.24, 2.45) is 12.5 Å². The van der Waals surface area contributed by atoms with Gasteiger partial charge in [0.25, 0.3) is 0 Å². The van der Waals surface area contributed by atoms with Gasteiger partial charge in [-0.2, -0.15) is 0 Å². The summed E-state index contributed by atoms with van der Waals surface area (Å²) in [4.78, 5) is 6.60. The monoisotopic (exact) mass is 377 g/mol. The number of hydrogen-bond acceptors (Lipinski definition) is 5. The molecule has 1 N–H and O–H groups in total. The lowest BCUT2D eigenvalue weighted by molar-refractivity contribution is 0.0962.